The number of benzene rings is 1. The van der Waals surface area contributed by atoms with Gasteiger partial charge in [-0.1, -0.05) is 24.6 Å². The quantitative estimate of drug-likeness (QED) is 0.697. The molecule has 3 saturated heterocycles. The average Bonchev–Trinajstić information content (AvgIpc) is 3.45. The van der Waals surface area contributed by atoms with Crippen LogP contribution in [0.4, 0.5) is 0 Å². The Morgan fingerprint density at radius 3 is 2.61 bits per heavy atom. The number of fused-ring (bicyclic) bond motifs is 1. The first kappa shape index (κ1) is 25.5. The number of carbonyl (C=O) groups is 2. The minimum Gasteiger partial charge on any atom is -0.491 e. The van der Waals surface area contributed by atoms with Gasteiger partial charge >= 0.3 is 0 Å². The van der Waals surface area contributed by atoms with Crippen molar-refractivity contribution in [3.05, 3.63) is 29.8 Å². The van der Waals surface area contributed by atoms with Crippen LogP contribution < -0.4 is 10.1 Å². The molecule has 7 nitrogen and oxygen atoms in total. The fourth-order valence-corrected chi connectivity index (χ4v) is 6.75. The summed E-state index contributed by atoms with van der Waals surface area (Å²) in [5, 5.41) is 3.17. The second-order valence-corrected chi connectivity index (χ2v) is 11.4. The highest BCUT2D eigenvalue weighted by atomic mass is 16.5. The Morgan fingerprint density at radius 1 is 0.972 bits per heavy atom. The van der Waals surface area contributed by atoms with E-state index in [2.05, 4.69) is 32.1 Å². The molecule has 198 valence electrons. The van der Waals surface area contributed by atoms with Gasteiger partial charge in [-0.3, -0.25) is 19.4 Å². The summed E-state index contributed by atoms with van der Waals surface area (Å²) in [6.45, 7) is 7.35. The summed E-state index contributed by atoms with van der Waals surface area (Å²) < 4.78 is 5.97. The predicted molar refractivity (Wildman–Crippen MR) is 141 cm³/mol. The van der Waals surface area contributed by atoms with E-state index in [1.807, 2.05) is 12.1 Å². The van der Waals surface area contributed by atoms with Crippen molar-refractivity contribution in [3.8, 4) is 5.75 Å². The summed E-state index contributed by atoms with van der Waals surface area (Å²) >= 11 is 0. The molecule has 36 heavy (non-hydrogen) atoms. The summed E-state index contributed by atoms with van der Waals surface area (Å²) in [7, 11) is 0. The molecular formula is C29H44N4O3. The van der Waals surface area contributed by atoms with Crippen molar-refractivity contribution in [1.29, 1.82) is 0 Å². The number of aryl methyl sites for hydroxylation is 1. The van der Waals surface area contributed by atoms with Gasteiger partial charge in [-0.2, -0.15) is 0 Å². The Labute approximate surface area is 216 Å². The number of nitrogens with one attached hydrogen (secondary N) is 1. The van der Waals surface area contributed by atoms with Crippen LogP contribution in [-0.4, -0.2) is 91.5 Å². The molecule has 0 bridgehead atoms. The SMILES string of the molecule is O=C(CN1CCC2(CCCCc3ccccc3OCCNC2=O)CC1)N1CCCC(N2CCCC2)C1. The van der Waals surface area contributed by atoms with Crippen LogP contribution in [0.2, 0.25) is 0 Å². The molecule has 1 spiro atoms. The van der Waals surface area contributed by atoms with E-state index >= 15 is 0 Å². The lowest BCUT2D eigenvalue weighted by molar-refractivity contribution is -0.137. The van der Waals surface area contributed by atoms with Crippen molar-refractivity contribution in [3.63, 3.8) is 0 Å². The first-order valence-electron chi connectivity index (χ1n) is 14.4. The Hall–Kier alpha value is -2.12. The van der Waals surface area contributed by atoms with E-state index in [4.69, 9.17) is 4.74 Å². The minimum atomic E-state index is -0.315. The van der Waals surface area contributed by atoms with Crippen LogP contribution in [0.1, 0.15) is 63.4 Å². The van der Waals surface area contributed by atoms with Gasteiger partial charge in [0.05, 0.1) is 18.5 Å². The second-order valence-electron chi connectivity index (χ2n) is 11.4. The maximum Gasteiger partial charge on any atom is 0.236 e. The van der Waals surface area contributed by atoms with E-state index in [0.717, 1.165) is 76.9 Å². The van der Waals surface area contributed by atoms with Crippen LogP contribution in [-0.2, 0) is 16.0 Å². The predicted octanol–water partition coefficient (Wildman–Crippen LogP) is 3.08. The van der Waals surface area contributed by atoms with Gasteiger partial charge in [0.15, 0.2) is 0 Å². The highest BCUT2D eigenvalue weighted by Gasteiger charge is 2.41. The van der Waals surface area contributed by atoms with Crippen LogP contribution in [0.3, 0.4) is 0 Å². The van der Waals surface area contributed by atoms with Gasteiger partial charge in [0, 0.05) is 19.1 Å². The monoisotopic (exact) mass is 496 g/mol. The number of likely N-dealkylation sites (tertiary alicyclic amines) is 3. The molecule has 4 aliphatic heterocycles. The Morgan fingerprint density at radius 2 is 1.78 bits per heavy atom. The lowest BCUT2D eigenvalue weighted by Gasteiger charge is -2.42. The topological polar surface area (TPSA) is 65.1 Å². The summed E-state index contributed by atoms with van der Waals surface area (Å²) in [5.41, 5.74) is 0.945. The molecule has 1 unspecified atom stereocenters. The molecule has 2 amide bonds. The van der Waals surface area contributed by atoms with Gasteiger partial charge in [-0.05, 0) is 95.6 Å². The molecule has 0 aromatic heterocycles. The number of amides is 2. The normalized spacial score (nSPS) is 26.4. The van der Waals surface area contributed by atoms with Gasteiger partial charge in [0.1, 0.15) is 12.4 Å². The van der Waals surface area contributed by atoms with Crippen LogP contribution in [0.15, 0.2) is 24.3 Å². The molecule has 0 radical (unpaired) electrons. The average molecular weight is 497 g/mol. The Kier molecular flexibility index (Phi) is 8.47. The molecule has 1 aromatic carbocycles. The van der Waals surface area contributed by atoms with Gasteiger partial charge in [-0.25, -0.2) is 0 Å². The van der Waals surface area contributed by atoms with Crippen molar-refractivity contribution in [2.75, 3.05) is 59.0 Å². The molecule has 1 atom stereocenters. The molecule has 0 aliphatic carbocycles. The fraction of sp³-hybridized carbons (Fsp3) is 0.724. The summed E-state index contributed by atoms with van der Waals surface area (Å²) in [4.78, 5) is 33.5. The van der Waals surface area contributed by atoms with Crippen LogP contribution in [0, 0.1) is 5.41 Å². The largest absolute Gasteiger partial charge is 0.491 e. The molecular weight excluding hydrogens is 452 g/mol. The third kappa shape index (κ3) is 6.05. The number of hydrogen-bond acceptors (Lipinski definition) is 5. The number of ether oxygens (including phenoxy) is 1. The Balaban J connectivity index is 1.13. The third-order valence-corrected chi connectivity index (χ3v) is 9.03. The van der Waals surface area contributed by atoms with Crippen molar-refractivity contribution < 1.29 is 14.3 Å². The van der Waals surface area contributed by atoms with Crippen LogP contribution in [0.5, 0.6) is 5.75 Å². The summed E-state index contributed by atoms with van der Waals surface area (Å²) in [5.74, 6) is 1.39. The summed E-state index contributed by atoms with van der Waals surface area (Å²) in [6, 6.07) is 8.81. The number of piperidine rings is 2. The fourth-order valence-electron chi connectivity index (χ4n) is 6.75. The van der Waals surface area contributed by atoms with Gasteiger partial charge in [0.2, 0.25) is 11.8 Å². The first-order chi connectivity index (χ1) is 17.6. The molecule has 1 aromatic rings. The maximum absolute atomic E-state index is 13.3. The van der Waals surface area contributed by atoms with Crippen molar-refractivity contribution >= 4 is 11.8 Å². The van der Waals surface area contributed by atoms with E-state index < -0.39 is 0 Å². The lowest BCUT2D eigenvalue weighted by Crippen LogP contribution is -2.53. The van der Waals surface area contributed by atoms with E-state index in [-0.39, 0.29) is 17.2 Å². The minimum absolute atomic E-state index is 0.176. The van der Waals surface area contributed by atoms with Crippen molar-refractivity contribution in [2.24, 2.45) is 5.41 Å². The smallest absolute Gasteiger partial charge is 0.236 e. The number of hydrogen-bond donors (Lipinski definition) is 1. The molecule has 7 heteroatoms. The number of carbonyl (C=O) groups excluding carboxylic acids is 2. The summed E-state index contributed by atoms with van der Waals surface area (Å²) in [6.07, 6.45) is 10.6. The molecule has 1 N–H and O–H groups in total. The number of rotatable bonds is 3. The molecule has 3 fully saturated rings. The Bertz CT molecular complexity index is 892. The standard InChI is InChI=1S/C29H44N4O3/c34-27(33-18-7-10-25(22-33)32-16-5-6-17-32)23-31-19-13-29(14-20-31)12-4-3-9-24-8-1-2-11-26(24)36-21-15-30-28(29)35/h1-2,8,11,25H,3-7,9-10,12-23H2,(H,30,35). The molecule has 0 saturated carbocycles. The van der Waals surface area contributed by atoms with Crippen molar-refractivity contribution in [2.45, 2.75) is 70.3 Å². The van der Waals surface area contributed by atoms with E-state index in [9.17, 15) is 9.59 Å². The van der Waals surface area contributed by atoms with E-state index in [1.165, 1.54) is 37.9 Å². The van der Waals surface area contributed by atoms with Gasteiger partial charge in [-0.15, -0.1) is 0 Å². The van der Waals surface area contributed by atoms with Crippen molar-refractivity contribution in [1.82, 2.24) is 20.0 Å². The van der Waals surface area contributed by atoms with E-state index in [1.54, 1.807) is 0 Å². The lowest BCUT2D eigenvalue weighted by atomic mass is 9.73. The van der Waals surface area contributed by atoms with Gasteiger partial charge < -0.3 is 15.0 Å². The number of nitrogens with zero attached hydrogens (tertiary/aromatic N) is 3. The third-order valence-electron chi connectivity index (χ3n) is 9.03. The maximum atomic E-state index is 13.3. The van der Waals surface area contributed by atoms with Crippen LogP contribution >= 0.6 is 0 Å². The molecule has 4 aliphatic rings. The zero-order valence-electron chi connectivity index (χ0n) is 21.9. The highest BCUT2D eigenvalue weighted by molar-refractivity contribution is 5.83. The zero-order chi connectivity index (χ0) is 24.8. The highest BCUT2D eigenvalue weighted by Crippen LogP contribution is 2.37. The number of para-hydroxylation sites is 1. The van der Waals surface area contributed by atoms with E-state index in [0.29, 0.717) is 25.7 Å². The second kappa shape index (κ2) is 12.0. The first-order valence-corrected chi connectivity index (χ1v) is 14.4. The molecule has 4 heterocycles. The zero-order valence-corrected chi connectivity index (χ0v) is 21.9. The van der Waals surface area contributed by atoms with Gasteiger partial charge in [0.25, 0.3) is 0 Å². The molecule has 5 rings (SSSR count). The van der Waals surface area contributed by atoms with Crippen LogP contribution in [0.25, 0.3) is 0 Å².